The van der Waals surface area contributed by atoms with Crippen LogP contribution in [0, 0.1) is 6.92 Å². The van der Waals surface area contributed by atoms with Gasteiger partial charge in [-0.3, -0.25) is 4.79 Å². The number of carbonyl (C=O) groups excluding carboxylic acids is 1. The molecule has 0 unspecified atom stereocenters. The molecule has 5 nitrogen and oxygen atoms in total. The number of hydrogen-bond donors (Lipinski definition) is 0. The van der Waals surface area contributed by atoms with Crippen molar-refractivity contribution in [1.29, 1.82) is 0 Å². The van der Waals surface area contributed by atoms with E-state index in [9.17, 15) is 4.79 Å². The molecule has 82 valence electrons. The Bertz CT molecular complexity index is 342. The zero-order chi connectivity index (χ0) is 10.7. The van der Waals surface area contributed by atoms with Crippen LogP contribution in [0.4, 0.5) is 0 Å². The summed E-state index contributed by atoms with van der Waals surface area (Å²) >= 11 is 0. The Morgan fingerprint density at radius 3 is 2.73 bits per heavy atom. The van der Waals surface area contributed by atoms with Crippen molar-refractivity contribution in [3.05, 3.63) is 11.7 Å². The maximum absolute atomic E-state index is 11.8. The number of nitrogens with zero attached hydrogens (tertiary/aromatic N) is 3. The molecule has 2 rings (SSSR count). The lowest BCUT2D eigenvalue weighted by atomic mass is 10.1. The highest BCUT2D eigenvalue weighted by Gasteiger charge is 2.18. The standard InChI is InChI=1S/C10H15N3O2/c1-8-11-9(12-15-8)7-10(14)13-5-3-2-4-6-13/h2-7H2,1H3. The number of rotatable bonds is 2. The van der Waals surface area contributed by atoms with Gasteiger partial charge in [0.15, 0.2) is 5.82 Å². The summed E-state index contributed by atoms with van der Waals surface area (Å²) in [6, 6.07) is 0. The fourth-order valence-electron chi connectivity index (χ4n) is 1.80. The summed E-state index contributed by atoms with van der Waals surface area (Å²) < 4.78 is 4.82. The molecule has 1 aromatic heterocycles. The van der Waals surface area contributed by atoms with Crippen molar-refractivity contribution < 1.29 is 9.32 Å². The number of hydrogen-bond acceptors (Lipinski definition) is 4. The Morgan fingerprint density at radius 1 is 1.40 bits per heavy atom. The van der Waals surface area contributed by atoms with Gasteiger partial charge in [0.1, 0.15) is 0 Å². The van der Waals surface area contributed by atoms with Gasteiger partial charge in [0.2, 0.25) is 11.8 Å². The third-order valence-corrected chi connectivity index (χ3v) is 2.59. The summed E-state index contributed by atoms with van der Waals surface area (Å²) in [6.45, 7) is 3.47. The van der Waals surface area contributed by atoms with Crippen molar-refractivity contribution in [3.63, 3.8) is 0 Å². The summed E-state index contributed by atoms with van der Waals surface area (Å²) in [5.41, 5.74) is 0. The van der Waals surface area contributed by atoms with Crippen molar-refractivity contribution in [2.24, 2.45) is 0 Å². The predicted octanol–water partition coefficient (Wildman–Crippen LogP) is 0.933. The van der Waals surface area contributed by atoms with Gasteiger partial charge in [-0.25, -0.2) is 0 Å². The second-order valence-corrected chi connectivity index (χ2v) is 3.85. The maximum atomic E-state index is 11.8. The molecule has 1 fully saturated rings. The SMILES string of the molecule is Cc1nc(CC(=O)N2CCCCC2)no1. The minimum atomic E-state index is 0.107. The largest absolute Gasteiger partial charge is 0.342 e. The molecule has 0 spiro atoms. The molecule has 0 atom stereocenters. The first-order valence-corrected chi connectivity index (χ1v) is 5.32. The Hall–Kier alpha value is -1.39. The molecule has 0 aromatic carbocycles. The van der Waals surface area contributed by atoms with E-state index >= 15 is 0 Å². The highest BCUT2D eigenvalue weighted by molar-refractivity contribution is 5.77. The van der Waals surface area contributed by atoms with Crippen LogP contribution >= 0.6 is 0 Å². The second kappa shape index (κ2) is 4.42. The van der Waals surface area contributed by atoms with E-state index in [0.717, 1.165) is 25.9 Å². The topological polar surface area (TPSA) is 59.2 Å². The number of amides is 1. The average Bonchev–Trinajstić information content (AvgIpc) is 2.65. The number of likely N-dealkylation sites (tertiary alicyclic amines) is 1. The third kappa shape index (κ3) is 2.55. The molecule has 1 amide bonds. The van der Waals surface area contributed by atoms with Crippen LogP contribution in [0.15, 0.2) is 4.52 Å². The van der Waals surface area contributed by atoms with Crippen molar-refractivity contribution in [3.8, 4) is 0 Å². The lowest BCUT2D eigenvalue weighted by Crippen LogP contribution is -2.36. The van der Waals surface area contributed by atoms with Crippen LogP contribution in [0.5, 0.6) is 0 Å². The predicted molar refractivity (Wildman–Crippen MR) is 53.2 cm³/mol. The smallest absolute Gasteiger partial charge is 0.230 e. The van der Waals surface area contributed by atoms with Crippen LogP contribution in [0.1, 0.15) is 31.0 Å². The quantitative estimate of drug-likeness (QED) is 0.727. The van der Waals surface area contributed by atoms with Crippen molar-refractivity contribution in [2.45, 2.75) is 32.6 Å². The minimum absolute atomic E-state index is 0.107. The van der Waals surface area contributed by atoms with Gasteiger partial charge in [-0.2, -0.15) is 4.98 Å². The number of carbonyl (C=O) groups is 1. The molecule has 0 radical (unpaired) electrons. The van der Waals surface area contributed by atoms with E-state index in [1.54, 1.807) is 6.92 Å². The van der Waals surface area contributed by atoms with Crippen molar-refractivity contribution in [1.82, 2.24) is 15.0 Å². The molecule has 0 bridgehead atoms. The molecule has 0 saturated carbocycles. The van der Waals surface area contributed by atoms with Crippen LogP contribution < -0.4 is 0 Å². The summed E-state index contributed by atoms with van der Waals surface area (Å²) in [4.78, 5) is 17.7. The van der Waals surface area contributed by atoms with E-state index in [1.165, 1.54) is 6.42 Å². The molecule has 0 aliphatic carbocycles. The summed E-state index contributed by atoms with van der Waals surface area (Å²) in [5.74, 6) is 1.11. The van der Waals surface area contributed by atoms with E-state index < -0.39 is 0 Å². The van der Waals surface area contributed by atoms with Crippen LogP contribution in [0.3, 0.4) is 0 Å². The summed E-state index contributed by atoms with van der Waals surface area (Å²) in [5, 5.41) is 3.72. The normalized spacial score (nSPS) is 16.7. The summed E-state index contributed by atoms with van der Waals surface area (Å²) in [7, 11) is 0. The van der Waals surface area contributed by atoms with Gasteiger partial charge in [-0.05, 0) is 19.3 Å². The van der Waals surface area contributed by atoms with Gasteiger partial charge in [0.25, 0.3) is 0 Å². The van der Waals surface area contributed by atoms with Crippen LogP contribution in [0.25, 0.3) is 0 Å². The monoisotopic (exact) mass is 209 g/mol. The molecule has 1 aliphatic rings. The Balaban J connectivity index is 1.91. The first-order chi connectivity index (χ1) is 7.25. The Morgan fingerprint density at radius 2 is 2.13 bits per heavy atom. The van der Waals surface area contributed by atoms with Gasteiger partial charge in [-0.15, -0.1) is 0 Å². The molecule has 2 heterocycles. The van der Waals surface area contributed by atoms with E-state index in [4.69, 9.17) is 4.52 Å². The molecular formula is C10H15N3O2. The first kappa shape index (κ1) is 10.1. The molecule has 1 aliphatic heterocycles. The highest BCUT2D eigenvalue weighted by atomic mass is 16.5. The number of aryl methyl sites for hydroxylation is 1. The van der Waals surface area contributed by atoms with Gasteiger partial charge < -0.3 is 9.42 Å². The summed E-state index contributed by atoms with van der Waals surface area (Å²) in [6.07, 6.45) is 3.70. The molecule has 1 aromatic rings. The second-order valence-electron chi connectivity index (χ2n) is 3.85. The lowest BCUT2D eigenvalue weighted by Gasteiger charge is -2.26. The number of piperidine rings is 1. The van der Waals surface area contributed by atoms with E-state index in [-0.39, 0.29) is 12.3 Å². The molecule has 5 heteroatoms. The van der Waals surface area contributed by atoms with Gasteiger partial charge in [0, 0.05) is 20.0 Å². The van der Waals surface area contributed by atoms with Gasteiger partial charge in [0.05, 0.1) is 6.42 Å². The highest BCUT2D eigenvalue weighted by Crippen LogP contribution is 2.10. The lowest BCUT2D eigenvalue weighted by molar-refractivity contribution is -0.131. The minimum Gasteiger partial charge on any atom is -0.342 e. The van der Waals surface area contributed by atoms with Crippen molar-refractivity contribution in [2.75, 3.05) is 13.1 Å². The maximum Gasteiger partial charge on any atom is 0.230 e. The molecule has 15 heavy (non-hydrogen) atoms. The Kier molecular flexibility index (Phi) is 2.99. The zero-order valence-corrected chi connectivity index (χ0v) is 8.90. The molecule has 0 N–H and O–H groups in total. The fraction of sp³-hybridized carbons (Fsp3) is 0.700. The van der Waals surface area contributed by atoms with Crippen LogP contribution in [-0.4, -0.2) is 34.0 Å². The zero-order valence-electron chi connectivity index (χ0n) is 8.90. The van der Waals surface area contributed by atoms with Crippen LogP contribution in [-0.2, 0) is 11.2 Å². The van der Waals surface area contributed by atoms with E-state index in [0.29, 0.717) is 11.7 Å². The van der Waals surface area contributed by atoms with Gasteiger partial charge >= 0.3 is 0 Å². The average molecular weight is 209 g/mol. The van der Waals surface area contributed by atoms with Crippen molar-refractivity contribution >= 4 is 5.91 Å². The van der Waals surface area contributed by atoms with E-state index in [2.05, 4.69) is 10.1 Å². The number of aromatic nitrogens is 2. The third-order valence-electron chi connectivity index (χ3n) is 2.59. The van der Waals surface area contributed by atoms with Gasteiger partial charge in [-0.1, -0.05) is 5.16 Å². The fourth-order valence-corrected chi connectivity index (χ4v) is 1.80. The van der Waals surface area contributed by atoms with E-state index in [1.807, 2.05) is 4.90 Å². The van der Waals surface area contributed by atoms with Crippen LogP contribution in [0.2, 0.25) is 0 Å². The molecule has 1 saturated heterocycles. The molecular weight excluding hydrogens is 194 g/mol. The Labute approximate surface area is 88.5 Å². The first-order valence-electron chi connectivity index (χ1n) is 5.32.